The second kappa shape index (κ2) is 5.98. The van der Waals surface area contributed by atoms with Gasteiger partial charge in [0.15, 0.2) is 0 Å². The monoisotopic (exact) mass is 297 g/mol. The van der Waals surface area contributed by atoms with E-state index >= 15 is 0 Å². The number of nitrogens with zero attached hydrogens (tertiary/aromatic N) is 5. The Kier molecular flexibility index (Phi) is 3.88. The molecule has 112 valence electrons. The van der Waals surface area contributed by atoms with Crippen LogP contribution < -0.4 is 9.80 Å². The summed E-state index contributed by atoms with van der Waals surface area (Å²) in [6.07, 6.45) is 3.48. The fourth-order valence-electron chi connectivity index (χ4n) is 2.61. The quantitative estimate of drug-likeness (QED) is 0.850. The number of aryl methyl sites for hydroxylation is 1. The fraction of sp³-hybridized carbons (Fsp3) is 0.312. The van der Waals surface area contributed by atoms with Crippen LogP contribution in [0.3, 0.4) is 0 Å². The molecule has 0 aliphatic carbocycles. The molecule has 1 fully saturated rings. The minimum absolute atomic E-state index is 0.343. The lowest BCUT2D eigenvalue weighted by Gasteiger charge is -2.36. The summed E-state index contributed by atoms with van der Waals surface area (Å²) in [5.74, 6) is 0.516. The Morgan fingerprint density at radius 3 is 2.50 bits per heavy atom. The topological polar surface area (TPSA) is 56.1 Å². The standard InChI is InChI=1S/C16H16FN5/c1-12-10-19-11-16(20-12)22-6-4-21(5-7-22)15-3-2-13(9-18)8-14(15)17/h2-3,8,10-11H,4-7H2,1H3. The van der Waals surface area contributed by atoms with Crippen molar-refractivity contribution in [3.8, 4) is 6.07 Å². The Labute approximate surface area is 128 Å². The molecule has 0 unspecified atom stereocenters. The number of hydrogen-bond donors (Lipinski definition) is 0. The number of benzene rings is 1. The van der Waals surface area contributed by atoms with Crippen LogP contribution in [0.25, 0.3) is 0 Å². The maximum absolute atomic E-state index is 14.1. The second-order valence-corrected chi connectivity index (χ2v) is 5.27. The lowest BCUT2D eigenvalue weighted by atomic mass is 10.2. The van der Waals surface area contributed by atoms with Gasteiger partial charge >= 0.3 is 0 Å². The summed E-state index contributed by atoms with van der Waals surface area (Å²) in [5.41, 5.74) is 1.78. The lowest BCUT2D eigenvalue weighted by Crippen LogP contribution is -2.47. The van der Waals surface area contributed by atoms with Crippen molar-refractivity contribution in [2.45, 2.75) is 6.92 Å². The van der Waals surface area contributed by atoms with E-state index in [1.807, 2.05) is 17.9 Å². The number of rotatable bonds is 2. The van der Waals surface area contributed by atoms with Crippen LogP contribution in [0.15, 0.2) is 30.6 Å². The predicted octanol–water partition coefficient (Wildman–Crippen LogP) is 2.12. The molecular weight excluding hydrogens is 281 g/mol. The van der Waals surface area contributed by atoms with Gasteiger partial charge < -0.3 is 9.80 Å². The number of piperazine rings is 1. The summed E-state index contributed by atoms with van der Waals surface area (Å²) in [6.45, 7) is 4.85. The zero-order chi connectivity index (χ0) is 15.5. The molecule has 2 heterocycles. The van der Waals surface area contributed by atoms with Crippen LogP contribution in [-0.2, 0) is 0 Å². The van der Waals surface area contributed by atoms with Crippen LogP contribution in [0, 0.1) is 24.1 Å². The Morgan fingerprint density at radius 1 is 1.14 bits per heavy atom. The van der Waals surface area contributed by atoms with Gasteiger partial charge in [-0.1, -0.05) is 0 Å². The molecule has 1 aromatic carbocycles. The predicted molar refractivity (Wildman–Crippen MR) is 82.3 cm³/mol. The molecule has 1 saturated heterocycles. The van der Waals surface area contributed by atoms with Gasteiger partial charge in [-0.05, 0) is 25.1 Å². The molecule has 0 amide bonds. The van der Waals surface area contributed by atoms with Gasteiger partial charge in [0.25, 0.3) is 0 Å². The van der Waals surface area contributed by atoms with Crippen molar-refractivity contribution in [3.63, 3.8) is 0 Å². The first-order valence-electron chi connectivity index (χ1n) is 7.15. The maximum Gasteiger partial charge on any atom is 0.147 e. The van der Waals surface area contributed by atoms with E-state index < -0.39 is 0 Å². The molecule has 5 nitrogen and oxygen atoms in total. The third-order valence-corrected chi connectivity index (χ3v) is 3.76. The average Bonchev–Trinajstić information content (AvgIpc) is 2.55. The van der Waals surface area contributed by atoms with Crippen molar-refractivity contribution in [2.24, 2.45) is 0 Å². The van der Waals surface area contributed by atoms with Crippen LogP contribution in [0.4, 0.5) is 15.9 Å². The average molecular weight is 297 g/mol. The largest absolute Gasteiger partial charge is 0.366 e. The molecule has 2 aromatic rings. The molecule has 1 aromatic heterocycles. The van der Waals surface area contributed by atoms with E-state index in [1.54, 1.807) is 24.5 Å². The van der Waals surface area contributed by atoms with E-state index in [2.05, 4.69) is 14.9 Å². The fourth-order valence-corrected chi connectivity index (χ4v) is 2.61. The van der Waals surface area contributed by atoms with Crippen LogP contribution in [0.2, 0.25) is 0 Å². The van der Waals surface area contributed by atoms with E-state index in [9.17, 15) is 4.39 Å². The minimum Gasteiger partial charge on any atom is -0.366 e. The van der Waals surface area contributed by atoms with Crippen molar-refractivity contribution >= 4 is 11.5 Å². The Hall–Kier alpha value is -2.68. The second-order valence-electron chi connectivity index (χ2n) is 5.27. The highest BCUT2D eigenvalue weighted by Gasteiger charge is 2.20. The molecule has 3 rings (SSSR count). The molecular formula is C16H16FN5. The van der Waals surface area contributed by atoms with E-state index in [0.717, 1.165) is 24.6 Å². The highest BCUT2D eigenvalue weighted by molar-refractivity contribution is 5.53. The summed E-state index contributed by atoms with van der Waals surface area (Å²) in [7, 11) is 0. The van der Waals surface area contributed by atoms with Crippen molar-refractivity contribution < 1.29 is 4.39 Å². The van der Waals surface area contributed by atoms with Crippen LogP contribution in [0.1, 0.15) is 11.3 Å². The van der Waals surface area contributed by atoms with Gasteiger partial charge in [0.05, 0.1) is 29.2 Å². The van der Waals surface area contributed by atoms with Crippen molar-refractivity contribution in [3.05, 3.63) is 47.7 Å². The minimum atomic E-state index is -0.345. The Bertz CT molecular complexity index is 717. The highest BCUT2D eigenvalue weighted by Crippen LogP contribution is 2.23. The normalized spacial score (nSPS) is 14.8. The number of anilines is 2. The molecule has 0 saturated carbocycles. The van der Waals surface area contributed by atoms with Gasteiger partial charge in [0.2, 0.25) is 0 Å². The first-order chi connectivity index (χ1) is 10.7. The molecule has 0 bridgehead atoms. The summed E-state index contributed by atoms with van der Waals surface area (Å²) in [5, 5.41) is 8.80. The van der Waals surface area contributed by atoms with Crippen LogP contribution in [0.5, 0.6) is 0 Å². The Balaban J connectivity index is 1.71. The first-order valence-corrected chi connectivity index (χ1v) is 7.15. The van der Waals surface area contributed by atoms with Gasteiger partial charge in [0, 0.05) is 32.4 Å². The van der Waals surface area contributed by atoms with Crippen molar-refractivity contribution in [1.82, 2.24) is 9.97 Å². The van der Waals surface area contributed by atoms with Gasteiger partial charge in [0.1, 0.15) is 11.6 Å². The molecule has 1 aliphatic rings. The lowest BCUT2D eigenvalue weighted by molar-refractivity contribution is 0.595. The Morgan fingerprint density at radius 2 is 1.86 bits per heavy atom. The molecule has 0 atom stereocenters. The van der Waals surface area contributed by atoms with Crippen molar-refractivity contribution in [1.29, 1.82) is 5.26 Å². The summed E-state index contributed by atoms with van der Waals surface area (Å²) < 4.78 is 14.1. The SMILES string of the molecule is Cc1cncc(N2CCN(c3ccc(C#N)cc3F)CC2)n1. The van der Waals surface area contributed by atoms with Gasteiger partial charge in [-0.2, -0.15) is 5.26 Å². The molecule has 0 spiro atoms. The first kappa shape index (κ1) is 14.3. The van der Waals surface area contributed by atoms with Gasteiger partial charge in [-0.25, -0.2) is 9.37 Å². The van der Waals surface area contributed by atoms with Gasteiger partial charge in [-0.3, -0.25) is 4.98 Å². The van der Waals surface area contributed by atoms with Gasteiger partial charge in [-0.15, -0.1) is 0 Å². The number of nitriles is 1. The third kappa shape index (κ3) is 2.84. The molecule has 22 heavy (non-hydrogen) atoms. The zero-order valence-electron chi connectivity index (χ0n) is 12.3. The van der Waals surface area contributed by atoms with E-state index in [4.69, 9.17) is 5.26 Å². The third-order valence-electron chi connectivity index (χ3n) is 3.76. The zero-order valence-corrected chi connectivity index (χ0v) is 12.3. The van der Waals surface area contributed by atoms with Crippen LogP contribution in [-0.4, -0.2) is 36.1 Å². The summed E-state index contributed by atoms with van der Waals surface area (Å²) in [4.78, 5) is 12.8. The molecule has 1 aliphatic heterocycles. The maximum atomic E-state index is 14.1. The van der Waals surface area contributed by atoms with E-state index in [1.165, 1.54) is 6.07 Å². The number of hydrogen-bond acceptors (Lipinski definition) is 5. The summed E-state index contributed by atoms with van der Waals surface area (Å²) in [6, 6.07) is 6.56. The highest BCUT2D eigenvalue weighted by atomic mass is 19.1. The van der Waals surface area contributed by atoms with E-state index in [-0.39, 0.29) is 5.82 Å². The number of halogens is 1. The number of aromatic nitrogens is 2. The molecule has 0 N–H and O–H groups in total. The molecule has 0 radical (unpaired) electrons. The summed E-state index contributed by atoms with van der Waals surface area (Å²) >= 11 is 0. The van der Waals surface area contributed by atoms with Crippen LogP contribution >= 0.6 is 0 Å². The smallest absolute Gasteiger partial charge is 0.147 e. The molecule has 6 heteroatoms. The van der Waals surface area contributed by atoms with E-state index in [0.29, 0.717) is 24.3 Å². The van der Waals surface area contributed by atoms with Crippen molar-refractivity contribution in [2.75, 3.05) is 36.0 Å².